The van der Waals surface area contributed by atoms with Crippen LogP contribution in [0.2, 0.25) is 0 Å². The summed E-state index contributed by atoms with van der Waals surface area (Å²) < 4.78 is 34.3. The van der Waals surface area contributed by atoms with Crippen LogP contribution in [-0.4, -0.2) is 74.9 Å². The number of phosphoric ester groups is 1. The Balaban J connectivity index is 4.44. The van der Waals surface area contributed by atoms with E-state index in [1.165, 1.54) is 89.9 Å². The van der Waals surface area contributed by atoms with Crippen LogP contribution in [0, 0.1) is 0 Å². The molecule has 0 radical (unpaired) electrons. The first-order chi connectivity index (χ1) is 28.0. The first-order valence-corrected chi connectivity index (χ1v) is 24.5. The van der Waals surface area contributed by atoms with Crippen molar-refractivity contribution in [2.75, 3.05) is 47.5 Å². The highest BCUT2D eigenvalue weighted by atomic mass is 31.2. The summed E-state index contributed by atoms with van der Waals surface area (Å²) in [4.78, 5) is 35.4. The van der Waals surface area contributed by atoms with Gasteiger partial charge in [-0.05, 0) is 77.0 Å². The van der Waals surface area contributed by atoms with Gasteiger partial charge in [-0.3, -0.25) is 18.6 Å². The normalized spacial score (nSPS) is 14.1. The van der Waals surface area contributed by atoms with Crippen molar-refractivity contribution in [2.24, 2.45) is 0 Å². The summed E-state index contributed by atoms with van der Waals surface area (Å²) >= 11 is 0. The third-order valence-corrected chi connectivity index (χ3v) is 10.5. The number of allylic oxidation sites excluding steroid dienone is 10. The van der Waals surface area contributed by atoms with Crippen molar-refractivity contribution >= 4 is 19.8 Å². The van der Waals surface area contributed by atoms with E-state index in [9.17, 15) is 19.0 Å². The molecule has 0 spiro atoms. The van der Waals surface area contributed by atoms with Crippen molar-refractivity contribution in [1.82, 2.24) is 0 Å². The lowest BCUT2D eigenvalue weighted by molar-refractivity contribution is -0.870. The van der Waals surface area contributed by atoms with E-state index in [1.807, 2.05) is 27.2 Å². The fourth-order valence-electron chi connectivity index (χ4n) is 5.88. The van der Waals surface area contributed by atoms with E-state index in [-0.39, 0.29) is 32.0 Å². The fourth-order valence-corrected chi connectivity index (χ4v) is 6.62. The molecule has 58 heavy (non-hydrogen) atoms. The Morgan fingerprint density at radius 3 is 1.48 bits per heavy atom. The van der Waals surface area contributed by atoms with Crippen LogP contribution in [0.25, 0.3) is 0 Å². The third-order valence-electron chi connectivity index (χ3n) is 9.52. The lowest BCUT2D eigenvalue weighted by atomic mass is 10.1. The van der Waals surface area contributed by atoms with Gasteiger partial charge in [0.25, 0.3) is 0 Å². The smallest absolute Gasteiger partial charge is 0.462 e. The van der Waals surface area contributed by atoms with Gasteiger partial charge in [0.2, 0.25) is 0 Å². The molecular weight excluding hydrogens is 750 g/mol. The molecule has 0 aromatic heterocycles. The first-order valence-electron chi connectivity index (χ1n) is 23.0. The number of rotatable bonds is 41. The Kier molecular flexibility index (Phi) is 38.5. The van der Waals surface area contributed by atoms with Crippen LogP contribution in [0.15, 0.2) is 60.8 Å². The maximum Gasteiger partial charge on any atom is 0.472 e. The summed E-state index contributed by atoms with van der Waals surface area (Å²) in [5, 5.41) is 0. The number of carbonyl (C=O) groups is 2. The highest BCUT2D eigenvalue weighted by Crippen LogP contribution is 2.43. The molecule has 0 aliphatic heterocycles. The van der Waals surface area contributed by atoms with Gasteiger partial charge in [-0.1, -0.05) is 152 Å². The zero-order valence-electron chi connectivity index (χ0n) is 37.8. The van der Waals surface area contributed by atoms with Crippen LogP contribution in [-0.2, 0) is 32.7 Å². The Labute approximate surface area is 356 Å². The van der Waals surface area contributed by atoms with E-state index in [0.29, 0.717) is 23.9 Å². The Morgan fingerprint density at radius 2 is 0.948 bits per heavy atom. The number of nitrogens with zero attached hydrogens (tertiary/aromatic N) is 1. The van der Waals surface area contributed by atoms with E-state index in [4.69, 9.17) is 18.5 Å². The molecule has 0 aliphatic rings. The third kappa shape index (κ3) is 43.3. The molecule has 0 heterocycles. The van der Waals surface area contributed by atoms with Crippen molar-refractivity contribution in [2.45, 2.75) is 187 Å². The average Bonchev–Trinajstić information content (AvgIpc) is 3.17. The van der Waals surface area contributed by atoms with Gasteiger partial charge in [0.1, 0.15) is 19.8 Å². The van der Waals surface area contributed by atoms with Crippen molar-refractivity contribution < 1.29 is 42.1 Å². The number of quaternary nitrogens is 1. The Bertz CT molecular complexity index is 1170. The minimum Gasteiger partial charge on any atom is -0.462 e. The summed E-state index contributed by atoms with van der Waals surface area (Å²) in [6, 6.07) is 0. The predicted octanol–water partition coefficient (Wildman–Crippen LogP) is 13.2. The first kappa shape index (κ1) is 55.7. The van der Waals surface area contributed by atoms with E-state index < -0.39 is 26.5 Å². The number of unbranched alkanes of at least 4 members (excludes halogenated alkanes) is 17. The molecular formula is C48H87NO8P+. The van der Waals surface area contributed by atoms with Crippen molar-refractivity contribution in [3.63, 3.8) is 0 Å². The van der Waals surface area contributed by atoms with Crippen molar-refractivity contribution in [3.8, 4) is 0 Å². The number of hydrogen-bond donors (Lipinski definition) is 1. The van der Waals surface area contributed by atoms with E-state index in [2.05, 4.69) is 68.5 Å². The second-order valence-electron chi connectivity index (χ2n) is 16.4. The van der Waals surface area contributed by atoms with Gasteiger partial charge in [-0.25, -0.2) is 4.57 Å². The van der Waals surface area contributed by atoms with E-state index >= 15 is 0 Å². The minimum atomic E-state index is -4.39. The molecule has 1 N–H and O–H groups in total. The number of esters is 2. The van der Waals surface area contributed by atoms with E-state index in [0.717, 1.165) is 51.4 Å². The molecule has 2 atom stereocenters. The van der Waals surface area contributed by atoms with Gasteiger partial charge in [0.15, 0.2) is 6.10 Å². The molecule has 0 aliphatic carbocycles. The van der Waals surface area contributed by atoms with Crippen LogP contribution < -0.4 is 0 Å². The topological polar surface area (TPSA) is 108 Å². The van der Waals surface area contributed by atoms with Crippen LogP contribution in [0.4, 0.5) is 0 Å². The minimum absolute atomic E-state index is 0.0188. The van der Waals surface area contributed by atoms with Gasteiger partial charge >= 0.3 is 19.8 Å². The molecule has 0 fully saturated rings. The molecule has 9 nitrogen and oxygen atoms in total. The monoisotopic (exact) mass is 837 g/mol. The number of likely N-dealkylation sites (N-methyl/N-ethyl adjacent to an activating group) is 1. The fraction of sp³-hybridized carbons (Fsp3) is 0.750. The van der Waals surface area contributed by atoms with Crippen LogP contribution in [0.3, 0.4) is 0 Å². The molecule has 0 rings (SSSR count). The molecule has 0 amide bonds. The summed E-state index contributed by atoms with van der Waals surface area (Å²) in [7, 11) is 1.43. The molecule has 0 aromatic rings. The van der Waals surface area contributed by atoms with Crippen LogP contribution >= 0.6 is 7.82 Å². The molecule has 1 unspecified atom stereocenters. The molecule has 10 heteroatoms. The lowest BCUT2D eigenvalue weighted by Gasteiger charge is -2.24. The quantitative estimate of drug-likeness (QED) is 0.0213. The van der Waals surface area contributed by atoms with Gasteiger partial charge in [-0.2, -0.15) is 0 Å². The van der Waals surface area contributed by atoms with Gasteiger partial charge in [0.05, 0.1) is 27.7 Å². The standard InChI is InChI=1S/C48H86NO8P/c1-6-8-10-12-14-16-18-20-22-24-26-28-30-32-34-36-38-40-47(50)54-44-46(45-56-58(52,53)55-43-42-49(3,4)5)57-48(51)41-39-37-35-33-31-29-27-25-23-21-19-17-15-13-11-9-7-2/h15,17,20-23,27,29,33,35,46H,6-14,16,18-19,24-26,28,30-32,34,36-45H2,1-5H3/p+1/b17-15-,22-20-,23-21-,29-27-,35-33-/t46-/m1/s1. The summed E-state index contributed by atoms with van der Waals surface area (Å²) in [6.07, 6.45) is 48.4. The molecule has 0 saturated heterocycles. The van der Waals surface area contributed by atoms with Gasteiger partial charge in [-0.15, -0.1) is 0 Å². The highest BCUT2D eigenvalue weighted by Gasteiger charge is 2.27. The summed E-state index contributed by atoms with van der Waals surface area (Å²) in [5.41, 5.74) is 0. The lowest BCUT2D eigenvalue weighted by Crippen LogP contribution is -2.37. The molecule has 0 saturated carbocycles. The van der Waals surface area contributed by atoms with Crippen molar-refractivity contribution in [1.29, 1.82) is 0 Å². The van der Waals surface area contributed by atoms with Gasteiger partial charge in [0, 0.05) is 12.8 Å². The number of hydrogen-bond acceptors (Lipinski definition) is 7. The molecule has 0 bridgehead atoms. The van der Waals surface area contributed by atoms with Gasteiger partial charge < -0.3 is 18.9 Å². The average molecular weight is 837 g/mol. The summed E-state index contributed by atoms with van der Waals surface area (Å²) in [6.45, 7) is 4.32. The second-order valence-corrected chi connectivity index (χ2v) is 17.9. The predicted molar refractivity (Wildman–Crippen MR) is 243 cm³/mol. The molecule has 0 aromatic carbocycles. The zero-order chi connectivity index (χ0) is 42.8. The maximum absolute atomic E-state index is 12.7. The van der Waals surface area contributed by atoms with Crippen LogP contribution in [0.1, 0.15) is 181 Å². The largest absolute Gasteiger partial charge is 0.472 e. The Morgan fingerprint density at radius 1 is 0.534 bits per heavy atom. The SMILES string of the molecule is CCCCC/C=C\C/C=C\C/C=C\C/C=C\CCCC(=O)O[C@H](COC(=O)CCCCCCCCC/C=C\CCCCCCCC)COP(=O)(O)OCC[N+](C)(C)C. The Hall–Kier alpha value is -2.29. The molecule has 336 valence electrons. The second kappa shape index (κ2) is 40.1. The van der Waals surface area contributed by atoms with Crippen LogP contribution in [0.5, 0.6) is 0 Å². The maximum atomic E-state index is 12.7. The summed E-state index contributed by atoms with van der Waals surface area (Å²) in [5.74, 6) is -0.871. The zero-order valence-corrected chi connectivity index (χ0v) is 38.7. The highest BCUT2D eigenvalue weighted by molar-refractivity contribution is 7.47. The number of phosphoric acid groups is 1. The van der Waals surface area contributed by atoms with Crippen molar-refractivity contribution in [3.05, 3.63) is 60.8 Å². The number of ether oxygens (including phenoxy) is 2. The number of carbonyl (C=O) groups excluding carboxylic acids is 2. The van der Waals surface area contributed by atoms with E-state index in [1.54, 1.807) is 0 Å².